The van der Waals surface area contributed by atoms with E-state index in [-0.39, 0.29) is 12.4 Å². The Bertz CT molecular complexity index is 528. The van der Waals surface area contributed by atoms with Crippen LogP contribution in [0.4, 0.5) is 5.69 Å². The molecule has 1 heterocycles. The van der Waals surface area contributed by atoms with Crippen molar-refractivity contribution in [3.05, 3.63) is 29.5 Å². The second-order valence-electron chi connectivity index (χ2n) is 4.47. The summed E-state index contributed by atoms with van der Waals surface area (Å²) in [4.78, 5) is 0. The van der Waals surface area contributed by atoms with Crippen molar-refractivity contribution in [2.75, 3.05) is 5.73 Å². The van der Waals surface area contributed by atoms with Gasteiger partial charge in [-0.25, -0.2) is 0 Å². The predicted molar refractivity (Wildman–Crippen MR) is 71.2 cm³/mol. The number of halogens is 1. The van der Waals surface area contributed by atoms with E-state index in [1.54, 1.807) is 0 Å². The van der Waals surface area contributed by atoms with E-state index in [1.165, 1.54) is 47.8 Å². The molecule has 0 bridgehead atoms. The van der Waals surface area contributed by atoms with Gasteiger partial charge >= 0.3 is 0 Å². The second-order valence-corrected chi connectivity index (χ2v) is 4.47. The Morgan fingerprint density at radius 1 is 1.19 bits per heavy atom. The van der Waals surface area contributed by atoms with Crippen LogP contribution < -0.4 is 5.73 Å². The third-order valence-electron chi connectivity index (χ3n) is 3.55. The number of fused-ring (bicyclic) bond motifs is 3. The lowest BCUT2D eigenvalue weighted by atomic mass is 9.95. The molecule has 0 fully saturated rings. The van der Waals surface area contributed by atoms with Gasteiger partial charge in [-0.05, 0) is 49.4 Å². The number of anilines is 1. The van der Waals surface area contributed by atoms with E-state index >= 15 is 0 Å². The largest absolute Gasteiger partial charge is 0.399 e. The van der Waals surface area contributed by atoms with Gasteiger partial charge < -0.3 is 10.3 Å². The first-order chi connectivity index (χ1) is 7.27. The minimum atomic E-state index is 0. The van der Waals surface area contributed by atoms with E-state index in [0.29, 0.717) is 0 Å². The first kappa shape index (κ1) is 11.3. The van der Waals surface area contributed by atoms with Crippen LogP contribution in [0.3, 0.4) is 0 Å². The number of nitrogens with two attached hydrogens (primary N) is 1. The lowest BCUT2D eigenvalue weighted by molar-refractivity contribution is 0.653. The summed E-state index contributed by atoms with van der Waals surface area (Å²) in [6.45, 7) is 0. The predicted octanol–water partition coefficient (Wildman–Crippen LogP) is 3.06. The Hall–Kier alpha value is -1.15. The first-order valence-corrected chi connectivity index (χ1v) is 5.63. The number of hydrogen-bond donors (Lipinski definition) is 1. The summed E-state index contributed by atoms with van der Waals surface area (Å²) < 4.78 is 2.34. The number of aromatic nitrogens is 1. The van der Waals surface area contributed by atoms with Gasteiger partial charge in [-0.2, -0.15) is 0 Å². The van der Waals surface area contributed by atoms with Crippen molar-refractivity contribution in [2.24, 2.45) is 7.05 Å². The minimum Gasteiger partial charge on any atom is -0.399 e. The van der Waals surface area contributed by atoms with Crippen LogP contribution in [0.5, 0.6) is 0 Å². The van der Waals surface area contributed by atoms with E-state index in [2.05, 4.69) is 23.7 Å². The summed E-state index contributed by atoms with van der Waals surface area (Å²) in [7, 11) is 2.17. The van der Waals surface area contributed by atoms with Crippen LogP contribution >= 0.6 is 12.4 Å². The molecule has 16 heavy (non-hydrogen) atoms. The highest BCUT2D eigenvalue weighted by atomic mass is 35.5. The van der Waals surface area contributed by atoms with Crippen molar-refractivity contribution in [1.82, 2.24) is 4.57 Å². The van der Waals surface area contributed by atoms with Gasteiger partial charge in [0, 0.05) is 29.3 Å². The molecule has 2 N–H and O–H groups in total. The van der Waals surface area contributed by atoms with Gasteiger partial charge in [-0.3, -0.25) is 0 Å². The standard InChI is InChI=1S/C13H16N2.ClH/c1-15-12-5-3-2-4-10(12)11-8-9(14)6-7-13(11)15;/h6-8H,2-5,14H2,1H3;1H. The summed E-state index contributed by atoms with van der Waals surface area (Å²) in [6.07, 6.45) is 5.09. The highest BCUT2D eigenvalue weighted by Crippen LogP contribution is 2.32. The van der Waals surface area contributed by atoms with Crippen molar-refractivity contribution in [3.8, 4) is 0 Å². The average molecular weight is 237 g/mol. The van der Waals surface area contributed by atoms with Crippen molar-refractivity contribution >= 4 is 29.0 Å². The molecule has 2 nitrogen and oxygen atoms in total. The summed E-state index contributed by atoms with van der Waals surface area (Å²) in [6, 6.07) is 6.26. The molecule has 1 aromatic heterocycles. The maximum absolute atomic E-state index is 5.86. The SMILES string of the molecule is Cl.Cn1c2c(c3cc(N)ccc31)CCCC2. The van der Waals surface area contributed by atoms with Gasteiger partial charge in [0.25, 0.3) is 0 Å². The molecule has 0 atom stereocenters. The zero-order valence-electron chi connectivity index (χ0n) is 9.49. The van der Waals surface area contributed by atoms with Gasteiger partial charge in [0.1, 0.15) is 0 Å². The monoisotopic (exact) mass is 236 g/mol. The Kier molecular flexibility index (Phi) is 2.85. The van der Waals surface area contributed by atoms with Gasteiger partial charge in [-0.1, -0.05) is 0 Å². The Labute approximate surface area is 102 Å². The third-order valence-corrected chi connectivity index (χ3v) is 3.55. The summed E-state index contributed by atoms with van der Waals surface area (Å²) in [5.74, 6) is 0. The fourth-order valence-electron chi connectivity index (χ4n) is 2.78. The van der Waals surface area contributed by atoms with Gasteiger partial charge in [0.2, 0.25) is 0 Å². The molecule has 86 valence electrons. The van der Waals surface area contributed by atoms with Crippen LogP contribution in [0, 0.1) is 0 Å². The Balaban J connectivity index is 0.000000963. The third kappa shape index (κ3) is 1.49. The number of benzene rings is 1. The zero-order chi connectivity index (χ0) is 10.4. The van der Waals surface area contributed by atoms with Crippen LogP contribution in [0.1, 0.15) is 24.1 Å². The van der Waals surface area contributed by atoms with Crippen LogP contribution in [0.15, 0.2) is 18.2 Å². The van der Waals surface area contributed by atoms with Crippen LogP contribution in [0.25, 0.3) is 10.9 Å². The summed E-state index contributed by atoms with van der Waals surface area (Å²) >= 11 is 0. The molecular formula is C13H17ClN2. The summed E-state index contributed by atoms with van der Waals surface area (Å²) in [5.41, 5.74) is 11.1. The van der Waals surface area contributed by atoms with E-state index in [1.807, 2.05) is 6.07 Å². The molecule has 1 aromatic carbocycles. The lowest BCUT2D eigenvalue weighted by Gasteiger charge is -2.12. The first-order valence-electron chi connectivity index (χ1n) is 5.63. The van der Waals surface area contributed by atoms with Crippen LogP contribution in [-0.4, -0.2) is 4.57 Å². The molecule has 0 aliphatic heterocycles. The fraction of sp³-hybridized carbons (Fsp3) is 0.385. The molecule has 0 spiro atoms. The summed E-state index contributed by atoms with van der Waals surface area (Å²) in [5, 5.41) is 1.37. The number of nitrogens with zero attached hydrogens (tertiary/aromatic N) is 1. The molecule has 3 heteroatoms. The molecule has 0 saturated carbocycles. The Morgan fingerprint density at radius 2 is 1.94 bits per heavy atom. The van der Waals surface area contributed by atoms with Crippen molar-refractivity contribution < 1.29 is 0 Å². The zero-order valence-corrected chi connectivity index (χ0v) is 10.3. The molecule has 0 radical (unpaired) electrons. The molecule has 0 saturated heterocycles. The van der Waals surface area contributed by atoms with Gasteiger partial charge in [0.05, 0.1) is 0 Å². The molecule has 1 aliphatic carbocycles. The molecule has 2 aromatic rings. The number of rotatable bonds is 0. The van der Waals surface area contributed by atoms with E-state index < -0.39 is 0 Å². The average Bonchev–Trinajstić information content (AvgIpc) is 2.54. The number of nitrogen functional groups attached to an aromatic ring is 1. The molecule has 0 amide bonds. The van der Waals surface area contributed by atoms with Crippen LogP contribution in [-0.2, 0) is 19.9 Å². The molecule has 0 unspecified atom stereocenters. The van der Waals surface area contributed by atoms with Crippen LogP contribution in [0.2, 0.25) is 0 Å². The van der Waals surface area contributed by atoms with E-state index in [0.717, 1.165) is 5.69 Å². The molecular weight excluding hydrogens is 220 g/mol. The fourth-order valence-corrected chi connectivity index (χ4v) is 2.78. The van der Waals surface area contributed by atoms with Crippen molar-refractivity contribution in [3.63, 3.8) is 0 Å². The van der Waals surface area contributed by atoms with Gasteiger partial charge in [-0.15, -0.1) is 12.4 Å². The highest BCUT2D eigenvalue weighted by molar-refractivity contribution is 5.88. The normalized spacial score (nSPS) is 14.6. The smallest absolute Gasteiger partial charge is 0.0484 e. The van der Waals surface area contributed by atoms with Gasteiger partial charge in [0.15, 0.2) is 0 Å². The lowest BCUT2D eigenvalue weighted by Crippen LogP contribution is -2.04. The molecule has 1 aliphatic rings. The number of hydrogen-bond acceptors (Lipinski definition) is 1. The Morgan fingerprint density at radius 3 is 2.75 bits per heavy atom. The van der Waals surface area contributed by atoms with Crippen molar-refractivity contribution in [1.29, 1.82) is 0 Å². The maximum atomic E-state index is 5.86. The minimum absolute atomic E-state index is 0. The number of aryl methyl sites for hydroxylation is 2. The molecule has 3 rings (SSSR count). The van der Waals surface area contributed by atoms with E-state index in [4.69, 9.17) is 5.73 Å². The van der Waals surface area contributed by atoms with E-state index in [9.17, 15) is 0 Å². The highest BCUT2D eigenvalue weighted by Gasteiger charge is 2.17. The second kappa shape index (κ2) is 4.02. The maximum Gasteiger partial charge on any atom is 0.0484 e. The van der Waals surface area contributed by atoms with Crippen molar-refractivity contribution in [2.45, 2.75) is 25.7 Å². The quantitative estimate of drug-likeness (QED) is 0.701. The topological polar surface area (TPSA) is 30.9 Å².